The van der Waals surface area contributed by atoms with Crippen molar-refractivity contribution in [3.8, 4) is 11.5 Å². The second-order valence-corrected chi connectivity index (χ2v) is 8.68. The number of benzene rings is 5. The topological polar surface area (TPSA) is 61.8 Å². The van der Waals surface area contributed by atoms with Crippen molar-refractivity contribution in [3.05, 3.63) is 114 Å². The number of rotatable bonds is 5. The molecule has 0 saturated carbocycles. The molecule has 1 atom stereocenters. The van der Waals surface area contributed by atoms with Crippen LogP contribution in [-0.2, 0) is 0 Å². The average molecular weight is 463 g/mol. The Morgan fingerprint density at radius 2 is 1.43 bits per heavy atom. The Morgan fingerprint density at radius 3 is 2.17 bits per heavy atom. The van der Waals surface area contributed by atoms with E-state index in [-0.39, 0.29) is 17.5 Å². The number of phenolic OH excluding ortho intramolecular Hbond substituents is 1. The van der Waals surface area contributed by atoms with Crippen LogP contribution in [0.4, 0.5) is 10.5 Å². The van der Waals surface area contributed by atoms with Crippen molar-refractivity contribution in [2.45, 2.75) is 6.04 Å². The van der Waals surface area contributed by atoms with Crippen LogP contribution in [0.1, 0.15) is 17.2 Å². The van der Waals surface area contributed by atoms with Crippen LogP contribution in [0.3, 0.4) is 0 Å². The number of anilines is 1. The van der Waals surface area contributed by atoms with Crippen LogP contribution in [0.15, 0.2) is 103 Å². The number of hydrogen-bond donors (Lipinski definition) is 2. The van der Waals surface area contributed by atoms with E-state index >= 15 is 0 Å². The Morgan fingerprint density at radius 1 is 0.800 bits per heavy atom. The van der Waals surface area contributed by atoms with Crippen LogP contribution in [0, 0.1) is 0 Å². The van der Waals surface area contributed by atoms with Crippen molar-refractivity contribution < 1.29 is 14.6 Å². The van der Waals surface area contributed by atoms with E-state index in [4.69, 9.17) is 4.74 Å². The molecule has 0 bridgehead atoms. The zero-order chi connectivity index (χ0) is 24.4. The highest BCUT2D eigenvalue weighted by molar-refractivity contribution is 6.01. The van der Waals surface area contributed by atoms with Crippen molar-refractivity contribution >= 4 is 33.3 Å². The second-order valence-electron chi connectivity index (χ2n) is 8.68. The van der Waals surface area contributed by atoms with E-state index in [1.165, 1.54) is 0 Å². The molecule has 0 fully saturated rings. The summed E-state index contributed by atoms with van der Waals surface area (Å²) in [5.74, 6) is 0.0542. The first-order valence-electron chi connectivity index (χ1n) is 11.5. The summed E-state index contributed by atoms with van der Waals surface area (Å²) >= 11 is 0. The summed E-state index contributed by atoms with van der Waals surface area (Å²) in [6, 6.07) is 32.7. The molecule has 5 nitrogen and oxygen atoms in total. The maximum absolute atomic E-state index is 12.9. The van der Waals surface area contributed by atoms with Crippen LogP contribution in [0.25, 0.3) is 21.5 Å². The second kappa shape index (κ2) is 9.49. The van der Waals surface area contributed by atoms with Gasteiger partial charge in [0.15, 0.2) is 11.5 Å². The summed E-state index contributed by atoms with van der Waals surface area (Å²) in [5.41, 5.74) is 2.35. The predicted molar refractivity (Wildman–Crippen MR) is 141 cm³/mol. The van der Waals surface area contributed by atoms with Gasteiger partial charge in [-0.05, 0) is 48.0 Å². The lowest BCUT2D eigenvalue weighted by molar-refractivity contribution is 0.213. The molecule has 1 unspecified atom stereocenters. The van der Waals surface area contributed by atoms with Gasteiger partial charge in [-0.2, -0.15) is 0 Å². The van der Waals surface area contributed by atoms with E-state index in [1.807, 2.05) is 116 Å². The lowest BCUT2D eigenvalue weighted by Crippen LogP contribution is -2.22. The van der Waals surface area contributed by atoms with Crippen LogP contribution in [-0.4, -0.2) is 30.2 Å². The predicted octanol–water partition coefficient (Wildman–Crippen LogP) is 6.96. The van der Waals surface area contributed by atoms with E-state index in [2.05, 4.69) is 5.32 Å². The van der Waals surface area contributed by atoms with Crippen molar-refractivity contribution in [3.63, 3.8) is 0 Å². The minimum absolute atomic E-state index is 0.0562. The zero-order valence-corrected chi connectivity index (χ0v) is 19.6. The molecule has 0 heterocycles. The number of fused-ring (bicyclic) bond motifs is 2. The lowest BCUT2D eigenvalue weighted by Gasteiger charge is -2.28. The largest absolute Gasteiger partial charge is 0.504 e. The Hall–Kier alpha value is -4.35. The van der Waals surface area contributed by atoms with Gasteiger partial charge in [-0.25, -0.2) is 4.79 Å². The molecule has 0 aliphatic heterocycles. The number of carbonyl (C=O) groups is 1. The van der Waals surface area contributed by atoms with Gasteiger partial charge in [-0.1, -0.05) is 91.0 Å². The van der Waals surface area contributed by atoms with Gasteiger partial charge in [-0.3, -0.25) is 10.2 Å². The molecule has 0 spiro atoms. The summed E-state index contributed by atoms with van der Waals surface area (Å²) in [4.78, 5) is 15.0. The van der Waals surface area contributed by atoms with Crippen molar-refractivity contribution in [2.24, 2.45) is 0 Å². The molecular formula is C30H26N2O3. The third-order valence-corrected chi connectivity index (χ3v) is 6.16. The van der Waals surface area contributed by atoms with Crippen LogP contribution in [0.5, 0.6) is 11.5 Å². The van der Waals surface area contributed by atoms with Gasteiger partial charge < -0.3 is 9.84 Å². The quantitative estimate of drug-likeness (QED) is 0.296. The van der Waals surface area contributed by atoms with Crippen LogP contribution in [0.2, 0.25) is 0 Å². The average Bonchev–Trinajstić information content (AvgIpc) is 2.87. The number of aromatic hydroxyl groups is 1. The number of nitrogens with zero attached hydrogens (tertiary/aromatic N) is 1. The fourth-order valence-corrected chi connectivity index (χ4v) is 4.62. The standard InChI is InChI=1S/C30H26N2O3/c1-32(2)28(21-12-4-3-5-13-21)27-24-17-9-7-14-22(24)19-26(29(27)33)35-30(34)31-25-18-10-15-20-11-6-8-16-23(20)25/h3-19,28,33H,1-2H3,(H,31,34). The smallest absolute Gasteiger partial charge is 0.417 e. The molecule has 5 rings (SSSR count). The number of ether oxygens (including phenoxy) is 1. The molecule has 0 aliphatic rings. The highest BCUT2D eigenvalue weighted by Gasteiger charge is 2.26. The number of nitrogens with one attached hydrogen (secondary N) is 1. The van der Waals surface area contributed by atoms with Gasteiger partial charge in [0.2, 0.25) is 0 Å². The lowest BCUT2D eigenvalue weighted by atomic mass is 9.91. The summed E-state index contributed by atoms with van der Waals surface area (Å²) in [5, 5.41) is 17.9. The molecule has 174 valence electrons. The van der Waals surface area contributed by atoms with Crippen molar-refractivity contribution in [2.75, 3.05) is 19.4 Å². The van der Waals surface area contributed by atoms with Crippen molar-refractivity contribution in [1.29, 1.82) is 0 Å². The molecule has 2 N–H and O–H groups in total. The summed E-state index contributed by atoms with van der Waals surface area (Å²) in [7, 11) is 3.93. The molecule has 1 amide bonds. The monoisotopic (exact) mass is 462 g/mol. The maximum atomic E-state index is 12.9. The highest BCUT2D eigenvalue weighted by atomic mass is 16.6. The molecule has 0 radical (unpaired) electrons. The molecule has 0 aliphatic carbocycles. The van der Waals surface area contributed by atoms with Gasteiger partial charge in [0.1, 0.15) is 0 Å². The molecular weight excluding hydrogens is 436 g/mol. The van der Waals surface area contributed by atoms with Crippen molar-refractivity contribution in [1.82, 2.24) is 4.90 Å². The SMILES string of the molecule is CN(C)C(c1ccccc1)c1c(O)c(OC(=O)Nc2cccc3ccccc23)cc2ccccc12. The molecule has 5 heteroatoms. The first kappa shape index (κ1) is 22.4. The number of carbonyl (C=O) groups excluding carboxylic acids is 1. The fourth-order valence-electron chi connectivity index (χ4n) is 4.62. The Balaban J connectivity index is 1.56. The zero-order valence-electron chi connectivity index (χ0n) is 19.6. The summed E-state index contributed by atoms with van der Waals surface area (Å²) < 4.78 is 5.69. The minimum atomic E-state index is -0.668. The van der Waals surface area contributed by atoms with Crippen LogP contribution < -0.4 is 10.1 Å². The van der Waals surface area contributed by atoms with E-state index in [1.54, 1.807) is 6.07 Å². The highest BCUT2D eigenvalue weighted by Crippen LogP contribution is 2.44. The summed E-state index contributed by atoms with van der Waals surface area (Å²) in [6.45, 7) is 0. The van der Waals surface area contributed by atoms with Gasteiger partial charge in [0.05, 0.1) is 11.7 Å². The first-order valence-corrected chi connectivity index (χ1v) is 11.5. The van der Waals surface area contributed by atoms with Crippen LogP contribution >= 0.6 is 0 Å². The van der Waals surface area contributed by atoms with Gasteiger partial charge in [-0.15, -0.1) is 0 Å². The fraction of sp³-hybridized carbons (Fsp3) is 0.100. The normalized spacial score (nSPS) is 12.1. The Kier molecular flexibility index (Phi) is 6.08. The molecule has 5 aromatic rings. The Bertz CT molecular complexity index is 1510. The number of hydrogen-bond acceptors (Lipinski definition) is 4. The maximum Gasteiger partial charge on any atom is 0.417 e. The number of amides is 1. The third-order valence-electron chi connectivity index (χ3n) is 6.16. The molecule has 0 aromatic heterocycles. The van der Waals surface area contributed by atoms with Gasteiger partial charge in [0, 0.05) is 10.9 Å². The van der Waals surface area contributed by atoms with E-state index in [0.717, 1.165) is 27.1 Å². The first-order chi connectivity index (χ1) is 17.0. The van der Waals surface area contributed by atoms with E-state index < -0.39 is 6.09 Å². The van der Waals surface area contributed by atoms with E-state index in [9.17, 15) is 9.90 Å². The number of phenols is 1. The van der Waals surface area contributed by atoms with Gasteiger partial charge in [0.25, 0.3) is 0 Å². The van der Waals surface area contributed by atoms with Gasteiger partial charge >= 0.3 is 6.09 Å². The molecule has 35 heavy (non-hydrogen) atoms. The third kappa shape index (κ3) is 4.42. The van der Waals surface area contributed by atoms with E-state index in [0.29, 0.717) is 11.3 Å². The Labute approximate surface area is 204 Å². The molecule has 0 saturated heterocycles. The summed E-state index contributed by atoms with van der Waals surface area (Å²) in [6.07, 6.45) is -0.668. The molecule has 5 aromatic carbocycles. The minimum Gasteiger partial charge on any atom is -0.504 e.